The highest BCUT2D eigenvalue weighted by molar-refractivity contribution is 6.30. The summed E-state index contributed by atoms with van der Waals surface area (Å²) < 4.78 is 0. The molecule has 0 bridgehead atoms. The van der Waals surface area contributed by atoms with Crippen LogP contribution in [0, 0.1) is 6.92 Å². The zero-order valence-corrected chi connectivity index (χ0v) is 10.3. The van der Waals surface area contributed by atoms with Gasteiger partial charge in [-0.2, -0.15) is 0 Å². The van der Waals surface area contributed by atoms with Crippen LogP contribution >= 0.6 is 11.6 Å². The van der Waals surface area contributed by atoms with Crippen LogP contribution in [0.5, 0.6) is 0 Å². The molecule has 0 atom stereocenters. The number of nitrogens with zero attached hydrogens (tertiary/aromatic N) is 1. The van der Waals surface area contributed by atoms with Gasteiger partial charge in [-0.05, 0) is 18.1 Å². The van der Waals surface area contributed by atoms with E-state index in [9.17, 15) is 0 Å². The first-order chi connectivity index (χ1) is 7.70. The molecule has 84 valence electrons. The topological polar surface area (TPSA) is 28.7 Å². The number of benzene rings is 1. The Morgan fingerprint density at radius 1 is 1.31 bits per heavy atom. The smallest absolute Gasteiger partial charge is 0.150 e. The van der Waals surface area contributed by atoms with Crippen molar-refractivity contribution in [3.63, 3.8) is 0 Å². The molecule has 0 amide bonds. The summed E-state index contributed by atoms with van der Waals surface area (Å²) in [4.78, 5) is 7.53. The van der Waals surface area contributed by atoms with Crippen molar-refractivity contribution < 1.29 is 0 Å². The zero-order valence-electron chi connectivity index (χ0n) is 9.55. The summed E-state index contributed by atoms with van der Waals surface area (Å²) >= 11 is 6.08. The maximum absolute atomic E-state index is 6.08. The Hall–Kier alpha value is -1.28. The first-order valence-corrected chi connectivity index (χ1v) is 5.86. The van der Waals surface area contributed by atoms with Gasteiger partial charge in [0.05, 0.1) is 5.69 Å². The molecule has 0 aliphatic heterocycles. The van der Waals surface area contributed by atoms with E-state index in [0.29, 0.717) is 5.15 Å². The standard InChI is InChI=1S/C13H15ClN2/c1-3-12-15-11(13(14)16-12)8-10-7-5-4-6-9(10)2/h4-7H,3,8H2,1-2H3,(H,15,16). The van der Waals surface area contributed by atoms with Crippen molar-refractivity contribution in [2.24, 2.45) is 0 Å². The summed E-state index contributed by atoms with van der Waals surface area (Å²) in [6.07, 6.45) is 1.70. The molecule has 1 N–H and O–H groups in total. The van der Waals surface area contributed by atoms with Crippen LogP contribution in [0.2, 0.25) is 5.15 Å². The third-order valence-corrected chi connectivity index (χ3v) is 3.05. The number of aromatic nitrogens is 2. The second kappa shape index (κ2) is 4.71. The van der Waals surface area contributed by atoms with Gasteiger partial charge in [-0.25, -0.2) is 4.98 Å². The van der Waals surface area contributed by atoms with Crippen molar-refractivity contribution in [1.29, 1.82) is 0 Å². The number of H-pyrrole nitrogens is 1. The van der Waals surface area contributed by atoms with Crippen molar-refractivity contribution in [3.05, 3.63) is 52.1 Å². The van der Waals surface area contributed by atoms with Gasteiger partial charge in [0, 0.05) is 12.8 Å². The van der Waals surface area contributed by atoms with Crippen molar-refractivity contribution in [2.45, 2.75) is 26.7 Å². The molecular weight excluding hydrogens is 220 g/mol. The number of nitrogens with one attached hydrogen (secondary N) is 1. The van der Waals surface area contributed by atoms with E-state index >= 15 is 0 Å². The third-order valence-electron chi connectivity index (χ3n) is 2.74. The fraction of sp³-hybridized carbons (Fsp3) is 0.308. The molecule has 1 aromatic carbocycles. The number of hydrogen-bond acceptors (Lipinski definition) is 1. The Morgan fingerprint density at radius 2 is 2.06 bits per heavy atom. The Labute approximate surface area is 101 Å². The van der Waals surface area contributed by atoms with Gasteiger partial charge in [-0.1, -0.05) is 42.8 Å². The summed E-state index contributed by atoms with van der Waals surface area (Å²) in [5.41, 5.74) is 3.58. The summed E-state index contributed by atoms with van der Waals surface area (Å²) in [6, 6.07) is 8.33. The molecule has 2 nitrogen and oxygen atoms in total. The van der Waals surface area contributed by atoms with Gasteiger partial charge in [0.15, 0.2) is 5.15 Å². The fourth-order valence-corrected chi connectivity index (χ4v) is 1.94. The number of aryl methyl sites for hydroxylation is 2. The van der Waals surface area contributed by atoms with Crippen LogP contribution in [0.1, 0.15) is 29.6 Å². The van der Waals surface area contributed by atoms with Crippen LogP contribution in [0.4, 0.5) is 0 Å². The average Bonchev–Trinajstić information content (AvgIpc) is 2.63. The van der Waals surface area contributed by atoms with Gasteiger partial charge in [-0.15, -0.1) is 0 Å². The van der Waals surface area contributed by atoms with Gasteiger partial charge < -0.3 is 4.98 Å². The first-order valence-electron chi connectivity index (χ1n) is 5.48. The molecule has 2 rings (SSSR count). The molecule has 2 aromatic rings. The number of hydrogen-bond donors (Lipinski definition) is 1. The van der Waals surface area contributed by atoms with Crippen LogP contribution in [-0.4, -0.2) is 9.97 Å². The summed E-state index contributed by atoms with van der Waals surface area (Å²) in [5.74, 6) is 0.952. The maximum Gasteiger partial charge on any atom is 0.150 e. The molecule has 0 saturated carbocycles. The second-order valence-electron chi connectivity index (χ2n) is 3.91. The van der Waals surface area contributed by atoms with E-state index in [1.165, 1.54) is 11.1 Å². The lowest BCUT2D eigenvalue weighted by molar-refractivity contribution is 0.969. The Kier molecular flexibility index (Phi) is 3.30. The van der Waals surface area contributed by atoms with Crippen LogP contribution in [0.3, 0.4) is 0 Å². The summed E-state index contributed by atoms with van der Waals surface area (Å²) in [7, 11) is 0. The molecule has 1 heterocycles. The molecule has 0 radical (unpaired) electrons. The lowest BCUT2D eigenvalue weighted by Gasteiger charge is -2.03. The number of rotatable bonds is 3. The van der Waals surface area contributed by atoms with E-state index in [0.717, 1.165) is 24.4 Å². The zero-order chi connectivity index (χ0) is 11.5. The van der Waals surface area contributed by atoms with Crippen LogP contribution in [-0.2, 0) is 12.8 Å². The second-order valence-corrected chi connectivity index (χ2v) is 4.27. The number of aromatic amines is 1. The van der Waals surface area contributed by atoms with Gasteiger partial charge in [0.2, 0.25) is 0 Å². The quantitative estimate of drug-likeness (QED) is 0.865. The monoisotopic (exact) mass is 234 g/mol. The molecule has 16 heavy (non-hydrogen) atoms. The van der Waals surface area contributed by atoms with Gasteiger partial charge in [-0.3, -0.25) is 0 Å². The van der Waals surface area contributed by atoms with E-state index in [1.807, 2.05) is 12.1 Å². The summed E-state index contributed by atoms with van der Waals surface area (Å²) in [5, 5.41) is 0.597. The molecule has 0 saturated heterocycles. The normalized spacial score (nSPS) is 10.7. The summed E-state index contributed by atoms with van der Waals surface area (Å²) in [6.45, 7) is 4.17. The van der Waals surface area contributed by atoms with E-state index in [1.54, 1.807) is 0 Å². The predicted octanol–water partition coefficient (Wildman–Crippen LogP) is 3.52. The first kappa shape index (κ1) is 11.2. The minimum Gasteiger partial charge on any atom is -0.344 e. The van der Waals surface area contributed by atoms with Crippen molar-refractivity contribution in [1.82, 2.24) is 9.97 Å². The highest BCUT2D eigenvalue weighted by Gasteiger charge is 2.08. The van der Waals surface area contributed by atoms with Crippen LogP contribution in [0.25, 0.3) is 0 Å². The molecule has 3 heteroatoms. The predicted molar refractivity (Wildman–Crippen MR) is 67.0 cm³/mol. The number of halogens is 1. The molecular formula is C13H15ClN2. The third kappa shape index (κ3) is 2.27. The molecule has 0 aliphatic rings. The maximum atomic E-state index is 6.08. The van der Waals surface area contributed by atoms with Crippen LogP contribution in [0.15, 0.2) is 24.3 Å². The van der Waals surface area contributed by atoms with E-state index < -0.39 is 0 Å². The van der Waals surface area contributed by atoms with E-state index in [-0.39, 0.29) is 0 Å². The van der Waals surface area contributed by atoms with E-state index in [2.05, 4.69) is 35.9 Å². The average molecular weight is 235 g/mol. The fourth-order valence-electron chi connectivity index (χ4n) is 1.72. The van der Waals surface area contributed by atoms with Crippen molar-refractivity contribution in [2.75, 3.05) is 0 Å². The number of imidazole rings is 1. The molecule has 0 fully saturated rings. The van der Waals surface area contributed by atoms with Gasteiger partial charge >= 0.3 is 0 Å². The van der Waals surface area contributed by atoms with Gasteiger partial charge in [0.1, 0.15) is 5.82 Å². The SMILES string of the molecule is CCc1nc(Cl)c(Cc2ccccc2C)[nH]1. The molecule has 0 unspecified atom stereocenters. The Morgan fingerprint density at radius 3 is 2.69 bits per heavy atom. The Balaban J connectivity index is 2.27. The van der Waals surface area contributed by atoms with Crippen molar-refractivity contribution in [3.8, 4) is 0 Å². The van der Waals surface area contributed by atoms with E-state index in [4.69, 9.17) is 11.6 Å². The molecule has 0 aliphatic carbocycles. The lowest BCUT2D eigenvalue weighted by Crippen LogP contribution is -1.92. The highest BCUT2D eigenvalue weighted by Crippen LogP contribution is 2.19. The van der Waals surface area contributed by atoms with Crippen molar-refractivity contribution >= 4 is 11.6 Å². The highest BCUT2D eigenvalue weighted by atomic mass is 35.5. The molecule has 1 aromatic heterocycles. The van der Waals surface area contributed by atoms with Crippen LogP contribution < -0.4 is 0 Å². The molecule has 0 spiro atoms. The Bertz CT molecular complexity index is 488. The largest absolute Gasteiger partial charge is 0.344 e. The minimum atomic E-state index is 0.597. The van der Waals surface area contributed by atoms with Gasteiger partial charge in [0.25, 0.3) is 0 Å². The minimum absolute atomic E-state index is 0.597. The lowest BCUT2D eigenvalue weighted by atomic mass is 10.0.